The predicted molar refractivity (Wildman–Crippen MR) is 82.4 cm³/mol. The summed E-state index contributed by atoms with van der Waals surface area (Å²) in [5.41, 5.74) is 2.57. The Labute approximate surface area is 122 Å². The number of aliphatic hydroxyl groups excluding tert-OH is 1. The van der Waals surface area contributed by atoms with Crippen molar-refractivity contribution in [2.24, 2.45) is 0 Å². The number of benzene rings is 1. The molecule has 0 aliphatic carbocycles. The van der Waals surface area contributed by atoms with E-state index in [0.717, 1.165) is 47.0 Å². The third-order valence-corrected chi connectivity index (χ3v) is 3.71. The zero-order chi connectivity index (χ0) is 14.8. The van der Waals surface area contributed by atoms with Gasteiger partial charge >= 0.3 is 0 Å². The number of imidazole rings is 1. The van der Waals surface area contributed by atoms with E-state index in [4.69, 9.17) is 0 Å². The Kier molecular flexibility index (Phi) is 3.75. The molecule has 0 spiro atoms. The number of aliphatic hydroxyl groups is 1. The van der Waals surface area contributed by atoms with Gasteiger partial charge < -0.3 is 14.8 Å². The van der Waals surface area contributed by atoms with Crippen LogP contribution >= 0.6 is 0 Å². The maximum Gasteiger partial charge on any atom is 0.117 e. The molecule has 21 heavy (non-hydrogen) atoms. The van der Waals surface area contributed by atoms with Gasteiger partial charge in [0.15, 0.2) is 0 Å². The summed E-state index contributed by atoms with van der Waals surface area (Å²) in [7, 11) is 0. The van der Waals surface area contributed by atoms with Gasteiger partial charge in [-0.1, -0.05) is 13.3 Å². The van der Waals surface area contributed by atoms with E-state index in [1.165, 1.54) is 0 Å². The van der Waals surface area contributed by atoms with Crippen molar-refractivity contribution >= 4 is 21.9 Å². The number of nitrogens with zero attached hydrogens (tertiary/aromatic N) is 3. The highest BCUT2D eigenvalue weighted by molar-refractivity contribution is 6.02. The van der Waals surface area contributed by atoms with Gasteiger partial charge in [0.2, 0.25) is 0 Å². The van der Waals surface area contributed by atoms with Crippen LogP contribution in [0.1, 0.15) is 25.6 Å². The normalized spacial score (nSPS) is 11.5. The zero-order valence-electron chi connectivity index (χ0n) is 12.1. The van der Waals surface area contributed by atoms with Crippen molar-refractivity contribution < 1.29 is 10.2 Å². The highest BCUT2D eigenvalue weighted by atomic mass is 16.3. The summed E-state index contributed by atoms with van der Waals surface area (Å²) >= 11 is 0. The summed E-state index contributed by atoms with van der Waals surface area (Å²) < 4.78 is 2.08. The first kappa shape index (κ1) is 13.8. The molecule has 3 aromatic rings. The number of pyridine rings is 1. The average Bonchev–Trinajstić information content (AvgIpc) is 2.83. The Morgan fingerprint density at radius 1 is 1.24 bits per heavy atom. The molecule has 0 unspecified atom stereocenters. The summed E-state index contributed by atoms with van der Waals surface area (Å²) in [5, 5.41) is 19.9. The van der Waals surface area contributed by atoms with Crippen molar-refractivity contribution in [1.82, 2.24) is 14.5 Å². The molecule has 5 nitrogen and oxygen atoms in total. The Morgan fingerprint density at radius 3 is 2.86 bits per heavy atom. The van der Waals surface area contributed by atoms with E-state index in [2.05, 4.69) is 21.5 Å². The number of hydrogen-bond donors (Lipinski definition) is 2. The van der Waals surface area contributed by atoms with Gasteiger partial charge in [0.05, 0.1) is 23.8 Å². The summed E-state index contributed by atoms with van der Waals surface area (Å²) in [4.78, 5) is 9.03. The van der Waals surface area contributed by atoms with E-state index in [1.807, 2.05) is 6.07 Å². The molecule has 0 amide bonds. The molecule has 0 bridgehead atoms. The molecule has 2 aromatic heterocycles. The maximum absolute atomic E-state index is 9.59. The summed E-state index contributed by atoms with van der Waals surface area (Å²) in [6, 6.07) is 5.17. The van der Waals surface area contributed by atoms with Gasteiger partial charge in [-0.05, 0) is 18.6 Å². The summed E-state index contributed by atoms with van der Waals surface area (Å²) in [6.45, 7) is 2.75. The van der Waals surface area contributed by atoms with Crippen LogP contribution in [0, 0.1) is 0 Å². The van der Waals surface area contributed by atoms with Crippen molar-refractivity contribution in [1.29, 1.82) is 0 Å². The zero-order valence-corrected chi connectivity index (χ0v) is 12.1. The molecule has 0 aliphatic rings. The number of phenols is 1. The molecule has 0 radical (unpaired) electrons. The largest absolute Gasteiger partial charge is 0.508 e. The molecule has 0 saturated carbocycles. The van der Waals surface area contributed by atoms with Gasteiger partial charge in [0.25, 0.3) is 0 Å². The van der Waals surface area contributed by atoms with Crippen LogP contribution in [0.3, 0.4) is 0 Å². The van der Waals surface area contributed by atoms with Crippen molar-refractivity contribution in [2.75, 3.05) is 6.61 Å². The molecule has 0 atom stereocenters. The van der Waals surface area contributed by atoms with E-state index in [-0.39, 0.29) is 12.4 Å². The van der Waals surface area contributed by atoms with Crippen LogP contribution < -0.4 is 0 Å². The van der Waals surface area contributed by atoms with Crippen LogP contribution in [-0.2, 0) is 13.0 Å². The number of aromatic nitrogens is 3. The number of aryl methyl sites for hydroxylation is 1. The molecule has 1 aromatic carbocycles. The van der Waals surface area contributed by atoms with E-state index in [0.29, 0.717) is 6.54 Å². The Hall–Kier alpha value is -2.14. The van der Waals surface area contributed by atoms with Crippen molar-refractivity contribution in [3.63, 3.8) is 0 Å². The van der Waals surface area contributed by atoms with Crippen LogP contribution in [0.2, 0.25) is 0 Å². The van der Waals surface area contributed by atoms with Gasteiger partial charge in [0, 0.05) is 24.4 Å². The third kappa shape index (κ3) is 2.45. The lowest BCUT2D eigenvalue weighted by atomic mass is 10.2. The predicted octanol–water partition coefficient (Wildman–Crippen LogP) is 2.63. The smallest absolute Gasteiger partial charge is 0.117 e. The highest BCUT2D eigenvalue weighted by Crippen LogP contribution is 2.27. The van der Waals surface area contributed by atoms with E-state index in [9.17, 15) is 10.2 Å². The van der Waals surface area contributed by atoms with Crippen molar-refractivity contribution in [3.8, 4) is 5.75 Å². The van der Waals surface area contributed by atoms with Gasteiger partial charge in [0.1, 0.15) is 17.1 Å². The molecular weight excluding hydrogens is 266 g/mol. The molecule has 0 saturated heterocycles. The number of hydrogen-bond acceptors (Lipinski definition) is 4. The molecule has 2 heterocycles. The lowest BCUT2D eigenvalue weighted by Gasteiger charge is -2.08. The molecular formula is C16H19N3O2. The molecule has 5 heteroatoms. The third-order valence-electron chi connectivity index (χ3n) is 3.71. The number of unbranched alkanes of at least 4 members (excludes halogenated alkanes) is 1. The lowest BCUT2D eigenvalue weighted by molar-refractivity contribution is 0.276. The van der Waals surface area contributed by atoms with Gasteiger partial charge in [-0.3, -0.25) is 4.98 Å². The fraction of sp³-hybridized carbons (Fsp3) is 0.375. The van der Waals surface area contributed by atoms with Gasteiger partial charge in [-0.15, -0.1) is 0 Å². The monoisotopic (exact) mass is 285 g/mol. The van der Waals surface area contributed by atoms with Crippen LogP contribution in [0.4, 0.5) is 0 Å². The van der Waals surface area contributed by atoms with Gasteiger partial charge in [-0.25, -0.2) is 4.98 Å². The fourth-order valence-corrected chi connectivity index (χ4v) is 2.72. The fourth-order valence-electron chi connectivity index (χ4n) is 2.72. The minimum atomic E-state index is 0.0759. The molecule has 2 N–H and O–H groups in total. The first-order valence-electron chi connectivity index (χ1n) is 7.32. The number of phenolic OH excluding ortho intramolecular Hbond substituents is 1. The minimum absolute atomic E-state index is 0.0759. The second-order valence-electron chi connectivity index (χ2n) is 5.20. The quantitative estimate of drug-likeness (QED) is 0.756. The van der Waals surface area contributed by atoms with E-state index >= 15 is 0 Å². The minimum Gasteiger partial charge on any atom is -0.508 e. The number of fused-ring (bicyclic) bond motifs is 3. The first-order valence-corrected chi connectivity index (χ1v) is 7.32. The topological polar surface area (TPSA) is 71.2 Å². The van der Waals surface area contributed by atoms with Crippen molar-refractivity contribution in [2.45, 2.75) is 32.7 Å². The summed E-state index contributed by atoms with van der Waals surface area (Å²) in [6.07, 6.45) is 4.81. The molecule has 0 fully saturated rings. The first-order chi connectivity index (χ1) is 10.2. The highest BCUT2D eigenvalue weighted by Gasteiger charge is 2.14. The van der Waals surface area contributed by atoms with Crippen LogP contribution in [0.5, 0.6) is 5.75 Å². The van der Waals surface area contributed by atoms with Gasteiger partial charge in [-0.2, -0.15) is 0 Å². The average molecular weight is 285 g/mol. The van der Waals surface area contributed by atoms with Crippen LogP contribution in [-0.4, -0.2) is 31.4 Å². The Bertz CT molecular complexity index is 780. The second kappa shape index (κ2) is 5.69. The number of rotatable bonds is 5. The van der Waals surface area contributed by atoms with Crippen LogP contribution in [0.15, 0.2) is 24.4 Å². The molecule has 0 aliphatic heterocycles. The maximum atomic E-state index is 9.59. The van der Waals surface area contributed by atoms with E-state index < -0.39 is 0 Å². The standard InChI is InChI=1S/C16H19N3O2/c1-2-3-4-15-18-14-10-17-13-9-11(21)5-6-12(13)16(14)19(15)7-8-20/h5-6,9-10,20-21H,2-4,7-8H2,1H3. The van der Waals surface area contributed by atoms with Crippen LogP contribution in [0.25, 0.3) is 21.9 Å². The van der Waals surface area contributed by atoms with Crippen molar-refractivity contribution in [3.05, 3.63) is 30.2 Å². The second-order valence-corrected chi connectivity index (χ2v) is 5.20. The van der Waals surface area contributed by atoms with E-state index in [1.54, 1.807) is 18.3 Å². The lowest BCUT2D eigenvalue weighted by Crippen LogP contribution is -2.07. The molecule has 110 valence electrons. The Morgan fingerprint density at radius 2 is 2.10 bits per heavy atom. The molecule has 3 rings (SSSR count). The Balaban J connectivity index is 2.26. The SMILES string of the molecule is CCCCc1nc2cnc3cc(O)ccc3c2n1CCO. The number of aromatic hydroxyl groups is 1. The summed E-state index contributed by atoms with van der Waals surface area (Å²) in [5.74, 6) is 1.19.